The number of nitrogens with one attached hydrogen (secondary N) is 2. The third-order valence-electron chi connectivity index (χ3n) is 1.80. The SMILES string of the molecule is Cl.NCC(=O)NC(Cc1cnc[nH]1)C(=O)O. The number of nitrogens with zero attached hydrogens (tertiary/aromatic N) is 1. The molecule has 1 heterocycles. The van der Waals surface area contributed by atoms with Crippen LogP contribution in [0.5, 0.6) is 0 Å². The number of carboxylic acid groups (broad SMARTS) is 1. The van der Waals surface area contributed by atoms with Gasteiger partial charge in [0, 0.05) is 18.3 Å². The lowest BCUT2D eigenvalue weighted by molar-refractivity contribution is -0.141. The number of aliphatic carboxylic acids is 1. The first-order chi connectivity index (χ1) is 7.13. The van der Waals surface area contributed by atoms with Crippen LogP contribution in [0.4, 0.5) is 0 Å². The normalized spacial score (nSPS) is 11.3. The molecule has 0 aromatic carbocycles. The Labute approximate surface area is 97.8 Å². The summed E-state index contributed by atoms with van der Waals surface area (Å²) in [5.41, 5.74) is 5.71. The molecule has 0 fully saturated rings. The third kappa shape index (κ3) is 4.28. The van der Waals surface area contributed by atoms with E-state index in [4.69, 9.17) is 10.8 Å². The molecule has 0 aliphatic carbocycles. The summed E-state index contributed by atoms with van der Waals surface area (Å²) in [5, 5.41) is 11.1. The van der Waals surface area contributed by atoms with Gasteiger partial charge in [0.2, 0.25) is 5.91 Å². The van der Waals surface area contributed by atoms with Crippen molar-refractivity contribution in [2.24, 2.45) is 5.73 Å². The number of imidazole rings is 1. The Balaban J connectivity index is 0.00000225. The van der Waals surface area contributed by atoms with E-state index in [2.05, 4.69) is 15.3 Å². The van der Waals surface area contributed by atoms with Gasteiger partial charge in [-0.05, 0) is 0 Å². The second-order valence-corrected chi connectivity index (χ2v) is 2.94. The number of nitrogens with two attached hydrogens (primary N) is 1. The number of carbonyl (C=O) groups is 2. The maximum Gasteiger partial charge on any atom is 0.326 e. The molecule has 1 aromatic rings. The predicted octanol–water partition coefficient (Wildman–Crippen LogP) is -1.10. The van der Waals surface area contributed by atoms with Crippen molar-refractivity contribution >= 4 is 24.3 Å². The lowest BCUT2D eigenvalue weighted by Crippen LogP contribution is -2.44. The topological polar surface area (TPSA) is 121 Å². The summed E-state index contributed by atoms with van der Waals surface area (Å²) in [6.07, 6.45) is 3.10. The highest BCUT2D eigenvalue weighted by Crippen LogP contribution is 1.98. The fourth-order valence-electron chi connectivity index (χ4n) is 1.07. The number of carboxylic acids is 1. The van der Waals surface area contributed by atoms with Crippen LogP contribution in [0.15, 0.2) is 12.5 Å². The number of hydrogen-bond donors (Lipinski definition) is 4. The number of aromatic nitrogens is 2. The van der Waals surface area contributed by atoms with E-state index in [1.54, 1.807) is 0 Å². The molecule has 0 radical (unpaired) electrons. The fraction of sp³-hybridized carbons (Fsp3) is 0.375. The van der Waals surface area contributed by atoms with Gasteiger partial charge in [0.1, 0.15) is 6.04 Å². The predicted molar refractivity (Wildman–Crippen MR) is 58.2 cm³/mol. The van der Waals surface area contributed by atoms with Crippen LogP contribution in [0.3, 0.4) is 0 Å². The van der Waals surface area contributed by atoms with Gasteiger partial charge < -0.3 is 21.1 Å². The van der Waals surface area contributed by atoms with Crippen molar-refractivity contribution in [2.75, 3.05) is 6.54 Å². The first-order valence-corrected chi connectivity index (χ1v) is 4.33. The molecule has 0 saturated carbocycles. The monoisotopic (exact) mass is 248 g/mol. The fourth-order valence-corrected chi connectivity index (χ4v) is 1.07. The summed E-state index contributed by atoms with van der Waals surface area (Å²) in [7, 11) is 0. The number of aromatic amines is 1. The van der Waals surface area contributed by atoms with Gasteiger partial charge in [-0.3, -0.25) is 4.79 Å². The zero-order chi connectivity index (χ0) is 11.3. The van der Waals surface area contributed by atoms with Crippen molar-refractivity contribution in [1.29, 1.82) is 0 Å². The molecule has 0 aliphatic heterocycles. The van der Waals surface area contributed by atoms with Gasteiger partial charge in [-0.1, -0.05) is 0 Å². The Morgan fingerprint density at radius 3 is 2.75 bits per heavy atom. The molecular formula is C8H13ClN4O3. The first-order valence-electron chi connectivity index (χ1n) is 4.33. The van der Waals surface area contributed by atoms with E-state index in [0.717, 1.165) is 0 Å². The summed E-state index contributed by atoms with van der Waals surface area (Å²) in [4.78, 5) is 28.2. The van der Waals surface area contributed by atoms with Crippen LogP contribution >= 0.6 is 12.4 Å². The molecule has 8 heteroatoms. The number of halogens is 1. The van der Waals surface area contributed by atoms with Crippen LogP contribution in [0.1, 0.15) is 5.69 Å². The average Bonchev–Trinajstić information content (AvgIpc) is 2.69. The largest absolute Gasteiger partial charge is 0.480 e. The van der Waals surface area contributed by atoms with Crippen LogP contribution in [0.2, 0.25) is 0 Å². The van der Waals surface area contributed by atoms with Crippen LogP contribution in [-0.2, 0) is 16.0 Å². The Hall–Kier alpha value is -1.60. The van der Waals surface area contributed by atoms with Crippen LogP contribution in [0, 0.1) is 0 Å². The highest BCUT2D eigenvalue weighted by Gasteiger charge is 2.20. The number of H-pyrrole nitrogens is 1. The summed E-state index contributed by atoms with van der Waals surface area (Å²) in [6.45, 7) is -0.229. The molecule has 90 valence electrons. The highest BCUT2D eigenvalue weighted by atomic mass is 35.5. The van der Waals surface area contributed by atoms with Crippen LogP contribution in [0.25, 0.3) is 0 Å². The number of carbonyl (C=O) groups excluding carboxylic acids is 1. The van der Waals surface area contributed by atoms with Gasteiger partial charge in [0.25, 0.3) is 0 Å². The molecule has 0 bridgehead atoms. The molecule has 0 aliphatic rings. The van der Waals surface area contributed by atoms with Gasteiger partial charge >= 0.3 is 5.97 Å². The minimum absolute atomic E-state index is 0. The van der Waals surface area contributed by atoms with Gasteiger partial charge in [-0.25, -0.2) is 9.78 Å². The number of rotatable bonds is 5. The Morgan fingerprint density at radius 2 is 2.31 bits per heavy atom. The molecular weight excluding hydrogens is 236 g/mol. The van der Waals surface area contributed by atoms with Crippen LogP contribution in [-0.4, -0.2) is 39.5 Å². The molecule has 7 nitrogen and oxygen atoms in total. The molecule has 0 saturated heterocycles. The Morgan fingerprint density at radius 1 is 1.62 bits per heavy atom. The molecule has 1 aromatic heterocycles. The van der Waals surface area contributed by atoms with Crippen molar-refractivity contribution in [1.82, 2.24) is 15.3 Å². The Kier molecular flexibility index (Phi) is 6.12. The maximum atomic E-state index is 10.9. The van der Waals surface area contributed by atoms with Crippen molar-refractivity contribution in [3.63, 3.8) is 0 Å². The van der Waals surface area contributed by atoms with Crippen molar-refractivity contribution in [2.45, 2.75) is 12.5 Å². The van der Waals surface area contributed by atoms with Crippen molar-refractivity contribution < 1.29 is 14.7 Å². The lowest BCUT2D eigenvalue weighted by Gasteiger charge is -2.12. The van der Waals surface area contributed by atoms with Crippen molar-refractivity contribution in [3.8, 4) is 0 Å². The van der Waals surface area contributed by atoms with Crippen molar-refractivity contribution in [3.05, 3.63) is 18.2 Å². The first kappa shape index (κ1) is 14.4. The molecule has 1 rings (SSSR count). The standard InChI is InChI=1S/C8H12N4O3.ClH/c9-2-7(13)12-6(8(14)15)1-5-3-10-4-11-5;/h3-4,6H,1-2,9H2,(H,10,11)(H,12,13)(H,14,15);1H. The number of amides is 1. The summed E-state index contributed by atoms with van der Waals surface area (Å²) < 4.78 is 0. The van der Waals surface area contributed by atoms with Crippen LogP contribution < -0.4 is 11.1 Å². The highest BCUT2D eigenvalue weighted by molar-refractivity contribution is 5.85. The van der Waals surface area contributed by atoms with Gasteiger partial charge in [-0.15, -0.1) is 12.4 Å². The smallest absolute Gasteiger partial charge is 0.326 e. The van der Waals surface area contributed by atoms with E-state index >= 15 is 0 Å². The van der Waals surface area contributed by atoms with E-state index in [0.29, 0.717) is 5.69 Å². The summed E-state index contributed by atoms with van der Waals surface area (Å²) in [6, 6.07) is -0.985. The van der Waals surface area contributed by atoms with E-state index in [1.165, 1.54) is 12.5 Å². The summed E-state index contributed by atoms with van der Waals surface area (Å²) in [5.74, 6) is -1.60. The maximum absolute atomic E-state index is 10.9. The van der Waals surface area contributed by atoms with E-state index in [-0.39, 0.29) is 25.4 Å². The number of hydrogen-bond acceptors (Lipinski definition) is 4. The van der Waals surface area contributed by atoms with Gasteiger partial charge in [0.05, 0.1) is 12.9 Å². The second kappa shape index (κ2) is 6.81. The lowest BCUT2D eigenvalue weighted by atomic mass is 10.1. The zero-order valence-corrected chi connectivity index (χ0v) is 9.16. The molecule has 0 spiro atoms. The third-order valence-corrected chi connectivity index (χ3v) is 1.80. The second-order valence-electron chi connectivity index (χ2n) is 2.94. The summed E-state index contributed by atoms with van der Waals surface area (Å²) >= 11 is 0. The minimum Gasteiger partial charge on any atom is -0.480 e. The van der Waals surface area contributed by atoms with E-state index in [9.17, 15) is 9.59 Å². The molecule has 1 atom stereocenters. The van der Waals surface area contributed by atoms with Gasteiger partial charge in [-0.2, -0.15) is 0 Å². The minimum atomic E-state index is -1.11. The quantitative estimate of drug-likeness (QED) is 0.527. The molecule has 1 amide bonds. The van der Waals surface area contributed by atoms with E-state index in [1.807, 2.05) is 0 Å². The van der Waals surface area contributed by atoms with E-state index < -0.39 is 17.9 Å². The zero-order valence-electron chi connectivity index (χ0n) is 8.34. The Bertz CT molecular complexity index is 341. The van der Waals surface area contributed by atoms with Gasteiger partial charge in [0.15, 0.2) is 0 Å². The average molecular weight is 249 g/mol. The molecule has 16 heavy (non-hydrogen) atoms. The molecule has 5 N–H and O–H groups in total. The molecule has 1 unspecified atom stereocenters.